The van der Waals surface area contributed by atoms with E-state index in [1.165, 1.54) is 11.3 Å². The summed E-state index contributed by atoms with van der Waals surface area (Å²) >= 11 is 1.38. The summed E-state index contributed by atoms with van der Waals surface area (Å²) in [5, 5.41) is 5.20. The number of carbonyl (C=O) groups is 2. The summed E-state index contributed by atoms with van der Waals surface area (Å²) in [5.41, 5.74) is 4.21. The zero-order valence-corrected chi connectivity index (χ0v) is 18.9. The Morgan fingerprint density at radius 2 is 1.52 bits per heavy atom. The molecule has 0 fully saturated rings. The Hall–Kier alpha value is -3.96. The molecule has 0 radical (unpaired) electrons. The van der Waals surface area contributed by atoms with Crippen LogP contribution in [0.15, 0.2) is 114 Å². The first kappa shape index (κ1) is 20.9. The van der Waals surface area contributed by atoms with E-state index in [2.05, 4.69) is 5.32 Å². The van der Waals surface area contributed by atoms with Crippen LogP contribution >= 0.6 is 11.3 Å². The SMILES string of the molecule is Cc1ccccc1NC1=C(C(=O)c2cccs2)C(c2ccccc2)N(c2ccccc2)C1=O. The van der Waals surface area contributed by atoms with Crippen LogP contribution in [0.2, 0.25) is 0 Å². The third-order valence-corrected chi connectivity index (χ3v) is 6.65. The molecule has 0 aliphatic carbocycles. The van der Waals surface area contributed by atoms with Gasteiger partial charge in [-0.1, -0.05) is 72.8 Å². The maximum atomic E-state index is 13.9. The van der Waals surface area contributed by atoms with Crippen LogP contribution in [0.25, 0.3) is 0 Å². The fourth-order valence-corrected chi connectivity index (χ4v) is 4.85. The zero-order valence-electron chi connectivity index (χ0n) is 18.1. The lowest BCUT2D eigenvalue weighted by atomic mass is 9.94. The van der Waals surface area contributed by atoms with Gasteiger partial charge in [0.2, 0.25) is 5.78 Å². The van der Waals surface area contributed by atoms with E-state index < -0.39 is 6.04 Å². The van der Waals surface area contributed by atoms with Gasteiger partial charge in [-0.25, -0.2) is 0 Å². The first-order valence-electron chi connectivity index (χ1n) is 10.7. The van der Waals surface area contributed by atoms with Gasteiger partial charge in [0.25, 0.3) is 5.91 Å². The van der Waals surface area contributed by atoms with Crippen molar-refractivity contribution in [3.63, 3.8) is 0 Å². The van der Waals surface area contributed by atoms with E-state index in [1.807, 2.05) is 109 Å². The largest absolute Gasteiger partial charge is 0.350 e. The van der Waals surface area contributed by atoms with Crippen molar-refractivity contribution < 1.29 is 9.59 Å². The summed E-state index contributed by atoms with van der Waals surface area (Å²) in [6.45, 7) is 1.98. The van der Waals surface area contributed by atoms with Crippen LogP contribution < -0.4 is 10.2 Å². The highest BCUT2D eigenvalue weighted by Gasteiger charge is 2.44. The number of carbonyl (C=O) groups excluding carboxylic acids is 2. The number of nitrogens with one attached hydrogen (secondary N) is 1. The normalized spacial score (nSPS) is 15.7. The highest BCUT2D eigenvalue weighted by atomic mass is 32.1. The molecule has 0 bridgehead atoms. The molecule has 3 aromatic carbocycles. The smallest absolute Gasteiger partial charge is 0.276 e. The van der Waals surface area contributed by atoms with Crippen LogP contribution in [-0.2, 0) is 4.79 Å². The minimum Gasteiger partial charge on any atom is -0.350 e. The Morgan fingerprint density at radius 1 is 0.848 bits per heavy atom. The molecule has 1 unspecified atom stereocenters. The molecular weight excluding hydrogens is 428 g/mol. The molecular formula is C28H22N2O2S. The first-order chi connectivity index (χ1) is 16.1. The maximum absolute atomic E-state index is 13.9. The number of benzene rings is 3. The fraction of sp³-hybridized carbons (Fsp3) is 0.0714. The topological polar surface area (TPSA) is 49.4 Å². The number of para-hydroxylation sites is 2. The van der Waals surface area contributed by atoms with E-state index in [0.717, 1.165) is 22.5 Å². The molecule has 4 aromatic rings. The zero-order chi connectivity index (χ0) is 22.8. The number of hydrogen-bond donors (Lipinski definition) is 1. The number of thiophene rings is 1. The molecule has 5 rings (SSSR count). The van der Waals surface area contributed by atoms with E-state index in [9.17, 15) is 9.59 Å². The molecule has 2 heterocycles. The lowest BCUT2D eigenvalue weighted by Crippen LogP contribution is -2.31. The lowest BCUT2D eigenvalue weighted by Gasteiger charge is -2.27. The molecule has 1 aromatic heterocycles. The minimum absolute atomic E-state index is 0.137. The average molecular weight is 451 g/mol. The van der Waals surface area contributed by atoms with Crippen molar-refractivity contribution in [3.05, 3.63) is 130 Å². The van der Waals surface area contributed by atoms with Gasteiger partial charge in [0.05, 0.1) is 16.5 Å². The Balaban J connectivity index is 1.73. The van der Waals surface area contributed by atoms with Crippen LogP contribution in [0.4, 0.5) is 11.4 Å². The second-order valence-corrected chi connectivity index (χ2v) is 8.81. The summed E-state index contributed by atoms with van der Waals surface area (Å²) in [5.74, 6) is -0.361. The van der Waals surface area contributed by atoms with Crippen molar-refractivity contribution in [2.45, 2.75) is 13.0 Å². The molecule has 162 valence electrons. The second-order valence-electron chi connectivity index (χ2n) is 7.86. The molecule has 1 amide bonds. The fourth-order valence-electron chi connectivity index (χ4n) is 4.17. The van der Waals surface area contributed by atoms with Gasteiger partial charge in [0.15, 0.2) is 0 Å². The van der Waals surface area contributed by atoms with Gasteiger partial charge >= 0.3 is 0 Å². The molecule has 1 atom stereocenters. The Morgan fingerprint density at radius 3 is 2.18 bits per heavy atom. The summed E-state index contributed by atoms with van der Waals surface area (Å²) in [6.07, 6.45) is 0. The predicted octanol–water partition coefficient (Wildman–Crippen LogP) is 6.39. The third-order valence-electron chi connectivity index (χ3n) is 5.78. The molecule has 5 heteroatoms. The van der Waals surface area contributed by atoms with E-state index in [1.54, 1.807) is 4.90 Å². The van der Waals surface area contributed by atoms with E-state index >= 15 is 0 Å². The van der Waals surface area contributed by atoms with E-state index in [4.69, 9.17) is 0 Å². The molecule has 0 spiro atoms. The Bertz CT molecular complexity index is 1330. The number of aryl methyl sites for hydroxylation is 1. The average Bonchev–Trinajstić information content (AvgIpc) is 3.49. The van der Waals surface area contributed by atoms with Gasteiger partial charge in [-0.15, -0.1) is 11.3 Å². The Labute approximate surface area is 196 Å². The van der Waals surface area contributed by atoms with Gasteiger partial charge in [-0.2, -0.15) is 0 Å². The molecule has 0 saturated heterocycles. The molecule has 33 heavy (non-hydrogen) atoms. The van der Waals surface area contributed by atoms with Crippen molar-refractivity contribution in [3.8, 4) is 0 Å². The van der Waals surface area contributed by atoms with Crippen molar-refractivity contribution in [2.75, 3.05) is 10.2 Å². The molecule has 1 aliphatic heterocycles. The molecule has 1 aliphatic rings. The van der Waals surface area contributed by atoms with Crippen molar-refractivity contribution in [1.29, 1.82) is 0 Å². The number of ketones is 1. The highest BCUT2D eigenvalue weighted by Crippen LogP contribution is 2.43. The molecule has 0 saturated carbocycles. The molecule has 1 N–H and O–H groups in total. The summed E-state index contributed by atoms with van der Waals surface area (Å²) in [6, 6.07) is 30.1. The van der Waals surface area contributed by atoms with E-state index in [-0.39, 0.29) is 11.7 Å². The Kier molecular flexibility index (Phi) is 5.63. The van der Waals surface area contributed by atoms with Crippen LogP contribution in [0, 0.1) is 6.92 Å². The predicted molar refractivity (Wildman–Crippen MR) is 134 cm³/mol. The summed E-state index contributed by atoms with van der Waals surface area (Å²) in [4.78, 5) is 30.1. The number of rotatable bonds is 6. The number of hydrogen-bond acceptors (Lipinski definition) is 4. The van der Waals surface area contributed by atoms with Gasteiger partial charge in [-0.05, 0) is 47.7 Å². The van der Waals surface area contributed by atoms with Crippen molar-refractivity contribution >= 4 is 34.4 Å². The van der Waals surface area contributed by atoms with Gasteiger partial charge in [0, 0.05) is 11.4 Å². The monoisotopic (exact) mass is 450 g/mol. The van der Waals surface area contributed by atoms with Crippen LogP contribution in [0.1, 0.15) is 26.8 Å². The number of amides is 1. The van der Waals surface area contributed by atoms with Gasteiger partial charge in [-0.3, -0.25) is 14.5 Å². The molecule has 4 nitrogen and oxygen atoms in total. The van der Waals surface area contributed by atoms with Crippen LogP contribution in [0.3, 0.4) is 0 Å². The van der Waals surface area contributed by atoms with Crippen LogP contribution in [-0.4, -0.2) is 11.7 Å². The van der Waals surface area contributed by atoms with Crippen molar-refractivity contribution in [2.24, 2.45) is 0 Å². The quantitative estimate of drug-likeness (QED) is 0.346. The van der Waals surface area contributed by atoms with E-state index in [0.29, 0.717) is 16.1 Å². The van der Waals surface area contributed by atoms with Crippen LogP contribution in [0.5, 0.6) is 0 Å². The summed E-state index contributed by atoms with van der Waals surface area (Å²) < 4.78 is 0. The maximum Gasteiger partial charge on any atom is 0.276 e. The third kappa shape index (κ3) is 3.88. The van der Waals surface area contributed by atoms with Gasteiger partial charge < -0.3 is 5.32 Å². The minimum atomic E-state index is -0.540. The number of nitrogens with zero attached hydrogens (tertiary/aromatic N) is 1. The number of anilines is 2. The second kappa shape index (κ2) is 8.88. The standard InChI is InChI=1S/C28H22N2O2S/c1-19-11-8-9-16-22(19)29-25-24(27(31)23-17-10-18-33-23)26(20-12-4-2-5-13-20)30(28(25)32)21-14-6-3-7-15-21/h2-18,26,29H,1H3. The van der Waals surface area contributed by atoms with Crippen molar-refractivity contribution in [1.82, 2.24) is 0 Å². The lowest BCUT2D eigenvalue weighted by molar-refractivity contribution is -0.114. The number of Topliss-reactive ketones (excluding diaryl/α,β-unsaturated/α-hetero) is 1. The highest BCUT2D eigenvalue weighted by molar-refractivity contribution is 7.12. The first-order valence-corrected chi connectivity index (χ1v) is 11.6. The van der Waals surface area contributed by atoms with Gasteiger partial charge in [0.1, 0.15) is 5.70 Å². The summed E-state index contributed by atoms with van der Waals surface area (Å²) in [7, 11) is 0.